The van der Waals surface area contributed by atoms with Gasteiger partial charge < -0.3 is 15.0 Å². The van der Waals surface area contributed by atoms with Gasteiger partial charge in [0.25, 0.3) is 0 Å². The molecule has 1 amide bonds. The molecule has 1 atom stereocenters. The van der Waals surface area contributed by atoms with Crippen molar-refractivity contribution in [3.63, 3.8) is 0 Å². The quantitative estimate of drug-likeness (QED) is 0.234. The number of hydrogen-bond donors (Lipinski definition) is 2. The van der Waals surface area contributed by atoms with E-state index in [9.17, 15) is 9.59 Å². The molecule has 0 spiro atoms. The zero-order chi connectivity index (χ0) is 28.6. The van der Waals surface area contributed by atoms with Crippen LogP contribution in [0, 0.1) is 0 Å². The molecule has 0 bridgehead atoms. The number of esters is 1. The number of unbranched alkanes of at least 4 members (excludes halogenated alkanes) is 1. The van der Waals surface area contributed by atoms with Crippen molar-refractivity contribution in [3.05, 3.63) is 70.8 Å². The fourth-order valence-corrected chi connectivity index (χ4v) is 4.69. The first kappa shape index (κ1) is 28.9. The van der Waals surface area contributed by atoms with Gasteiger partial charge in [-0.15, -0.1) is 10.2 Å². The van der Waals surface area contributed by atoms with Crippen LogP contribution in [0.25, 0.3) is 22.5 Å². The Bertz CT molecular complexity index is 1430. The lowest BCUT2D eigenvalue weighted by Gasteiger charge is -2.21. The summed E-state index contributed by atoms with van der Waals surface area (Å²) in [6, 6.07) is 15.3. The summed E-state index contributed by atoms with van der Waals surface area (Å²) in [7, 11) is 3.39. The third-order valence-electron chi connectivity index (χ3n) is 6.62. The summed E-state index contributed by atoms with van der Waals surface area (Å²) in [6.45, 7) is 2.54. The van der Waals surface area contributed by atoms with Crippen molar-refractivity contribution >= 4 is 23.5 Å². The van der Waals surface area contributed by atoms with Gasteiger partial charge in [-0.25, -0.2) is 4.98 Å². The van der Waals surface area contributed by atoms with Crippen LogP contribution in [0.15, 0.2) is 48.5 Å². The summed E-state index contributed by atoms with van der Waals surface area (Å²) in [5, 5.41) is 14.7. The molecule has 2 heterocycles. The van der Waals surface area contributed by atoms with Gasteiger partial charge in [0.15, 0.2) is 5.15 Å². The lowest BCUT2D eigenvalue weighted by atomic mass is 9.98. The number of aromatic nitrogens is 6. The number of likely N-dealkylation sites (N-methyl/N-ethyl adjacent to an activating group) is 1. The second-order valence-corrected chi connectivity index (χ2v) is 10.0. The Labute approximate surface area is 237 Å². The second kappa shape index (κ2) is 13.3. The summed E-state index contributed by atoms with van der Waals surface area (Å²) in [5.74, 6) is 0.224. The zero-order valence-electron chi connectivity index (χ0n) is 22.8. The van der Waals surface area contributed by atoms with Crippen molar-refractivity contribution in [1.29, 1.82) is 0 Å². The van der Waals surface area contributed by atoms with Crippen LogP contribution in [0.5, 0.6) is 0 Å². The summed E-state index contributed by atoms with van der Waals surface area (Å²) in [5.41, 5.74) is 9.83. The topological polar surface area (TPSA) is 145 Å². The van der Waals surface area contributed by atoms with Gasteiger partial charge >= 0.3 is 5.97 Å². The highest BCUT2D eigenvalue weighted by Crippen LogP contribution is 2.30. The maximum Gasteiger partial charge on any atom is 0.324 e. The van der Waals surface area contributed by atoms with Crippen molar-refractivity contribution < 1.29 is 14.3 Å². The highest BCUT2D eigenvalue weighted by Gasteiger charge is 2.26. The van der Waals surface area contributed by atoms with E-state index in [-0.39, 0.29) is 13.0 Å². The second-order valence-electron chi connectivity index (χ2n) is 9.69. The number of nitrogens with two attached hydrogens (primary N) is 1. The number of imidazole rings is 1. The Kier molecular flexibility index (Phi) is 9.62. The van der Waals surface area contributed by atoms with Crippen LogP contribution in [0.1, 0.15) is 43.3 Å². The number of aromatic amines is 1. The Morgan fingerprint density at radius 1 is 1.12 bits per heavy atom. The number of carbonyl (C=O) groups is 2. The molecule has 2 aromatic carbocycles. The molecular weight excluding hydrogens is 532 g/mol. The maximum absolute atomic E-state index is 12.8. The highest BCUT2D eigenvalue weighted by molar-refractivity contribution is 6.30. The fraction of sp³-hybridized carbons (Fsp3) is 0.357. The molecule has 0 aliphatic carbocycles. The third kappa shape index (κ3) is 6.91. The SMILES string of the molecule is CCCCc1nc(Cl)c(COC(=O)[C@@H](CC(N)=O)N(C)C)n1Cc1ccc(-c2ccccc2-c2nn[nH]n2)cc1. The predicted molar refractivity (Wildman–Crippen MR) is 151 cm³/mol. The van der Waals surface area contributed by atoms with E-state index >= 15 is 0 Å². The Balaban J connectivity index is 1.57. The van der Waals surface area contributed by atoms with Gasteiger partial charge in [0.1, 0.15) is 18.5 Å². The fourth-order valence-electron chi connectivity index (χ4n) is 4.44. The normalized spacial score (nSPS) is 12.0. The van der Waals surface area contributed by atoms with Crippen molar-refractivity contribution in [1.82, 2.24) is 35.1 Å². The lowest BCUT2D eigenvalue weighted by Crippen LogP contribution is -2.40. The molecule has 4 aromatic rings. The molecule has 0 aliphatic heterocycles. The summed E-state index contributed by atoms with van der Waals surface area (Å²) < 4.78 is 7.61. The number of aryl methyl sites for hydroxylation is 1. The van der Waals surface area contributed by atoms with Gasteiger partial charge in [-0.05, 0) is 42.4 Å². The Hall–Kier alpha value is -4.09. The van der Waals surface area contributed by atoms with Gasteiger partial charge in [0.2, 0.25) is 11.7 Å². The zero-order valence-corrected chi connectivity index (χ0v) is 23.6. The van der Waals surface area contributed by atoms with Crippen molar-refractivity contribution in [3.8, 4) is 22.5 Å². The number of primary amides is 1. The van der Waals surface area contributed by atoms with E-state index in [2.05, 4.69) is 32.5 Å². The molecule has 12 heteroatoms. The Morgan fingerprint density at radius 2 is 1.85 bits per heavy atom. The number of carbonyl (C=O) groups excluding carboxylic acids is 2. The minimum atomic E-state index is -0.782. The number of nitrogens with one attached hydrogen (secondary N) is 1. The summed E-state index contributed by atoms with van der Waals surface area (Å²) in [6.07, 6.45) is 2.55. The lowest BCUT2D eigenvalue weighted by molar-refractivity contribution is -0.152. The number of benzene rings is 2. The van der Waals surface area contributed by atoms with Crippen molar-refractivity contribution in [2.45, 2.75) is 51.8 Å². The van der Waals surface area contributed by atoms with Gasteiger partial charge in [-0.1, -0.05) is 73.5 Å². The first-order valence-electron chi connectivity index (χ1n) is 13.1. The van der Waals surface area contributed by atoms with Crippen LogP contribution in [-0.4, -0.2) is 67.1 Å². The molecule has 0 saturated carbocycles. The van der Waals surface area contributed by atoms with Gasteiger partial charge in [-0.2, -0.15) is 5.21 Å². The number of hydrogen-bond acceptors (Lipinski definition) is 8. The average Bonchev–Trinajstić information content (AvgIpc) is 3.58. The van der Waals surface area contributed by atoms with Crippen LogP contribution < -0.4 is 5.73 Å². The van der Waals surface area contributed by atoms with Crippen LogP contribution in [0.2, 0.25) is 5.15 Å². The molecule has 0 unspecified atom stereocenters. The number of ether oxygens (including phenoxy) is 1. The van der Waals surface area contributed by atoms with Crippen LogP contribution in [0.3, 0.4) is 0 Å². The van der Waals surface area contributed by atoms with Gasteiger partial charge in [0, 0.05) is 18.5 Å². The number of H-pyrrole nitrogens is 1. The van der Waals surface area contributed by atoms with Gasteiger partial charge in [-0.3, -0.25) is 14.5 Å². The van der Waals surface area contributed by atoms with Gasteiger partial charge in [0.05, 0.1) is 12.1 Å². The predicted octanol–water partition coefficient (Wildman–Crippen LogP) is 3.62. The number of nitrogens with zero attached hydrogens (tertiary/aromatic N) is 6. The molecule has 0 saturated heterocycles. The molecule has 210 valence electrons. The number of halogens is 1. The largest absolute Gasteiger partial charge is 0.458 e. The number of amides is 1. The number of rotatable bonds is 13. The molecule has 40 heavy (non-hydrogen) atoms. The van der Waals surface area contributed by atoms with E-state index in [0.29, 0.717) is 23.2 Å². The van der Waals surface area contributed by atoms with E-state index in [1.54, 1.807) is 19.0 Å². The van der Waals surface area contributed by atoms with Crippen LogP contribution in [-0.2, 0) is 33.9 Å². The van der Waals surface area contributed by atoms with Crippen molar-refractivity contribution in [2.75, 3.05) is 14.1 Å². The molecule has 0 fully saturated rings. The standard InChI is InChI=1S/C28H33ClN8O3/c1-4-5-10-25-31-26(29)23(17-40-28(39)22(36(2)3)15-24(30)38)37(25)16-18-11-13-19(14-12-18)20-8-6-7-9-21(20)27-32-34-35-33-27/h6-9,11-14,22H,4-5,10,15-17H2,1-3H3,(H2,30,38)(H,32,33,34,35)/t22-/m1/s1. The van der Waals surface area contributed by atoms with E-state index in [0.717, 1.165) is 47.3 Å². The minimum Gasteiger partial charge on any atom is -0.458 e. The van der Waals surface area contributed by atoms with E-state index < -0.39 is 17.9 Å². The summed E-state index contributed by atoms with van der Waals surface area (Å²) >= 11 is 6.55. The molecule has 11 nitrogen and oxygen atoms in total. The molecule has 0 radical (unpaired) electrons. The molecule has 3 N–H and O–H groups in total. The molecular formula is C28H33ClN8O3. The highest BCUT2D eigenvalue weighted by atomic mass is 35.5. The maximum atomic E-state index is 12.8. The van der Waals surface area contributed by atoms with E-state index in [1.807, 2.05) is 53.1 Å². The van der Waals surface area contributed by atoms with Crippen molar-refractivity contribution in [2.24, 2.45) is 5.73 Å². The summed E-state index contributed by atoms with van der Waals surface area (Å²) in [4.78, 5) is 30.4. The first-order valence-corrected chi connectivity index (χ1v) is 13.4. The minimum absolute atomic E-state index is 0.0734. The first-order chi connectivity index (χ1) is 19.3. The van der Waals surface area contributed by atoms with Crippen LogP contribution >= 0.6 is 11.6 Å². The van der Waals surface area contributed by atoms with Crippen LogP contribution in [0.4, 0.5) is 0 Å². The number of tetrazole rings is 1. The smallest absolute Gasteiger partial charge is 0.324 e. The molecule has 4 rings (SSSR count). The molecule has 2 aromatic heterocycles. The van der Waals surface area contributed by atoms with E-state index in [4.69, 9.17) is 22.1 Å². The third-order valence-corrected chi connectivity index (χ3v) is 6.92. The molecule has 0 aliphatic rings. The van der Waals surface area contributed by atoms with E-state index in [1.165, 1.54) is 0 Å². The Morgan fingerprint density at radius 3 is 2.48 bits per heavy atom. The average molecular weight is 565 g/mol. The monoisotopic (exact) mass is 564 g/mol.